The first-order valence-corrected chi connectivity index (χ1v) is 6.80. The summed E-state index contributed by atoms with van der Waals surface area (Å²) in [6, 6.07) is 0. The van der Waals surface area contributed by atoms with Gasteiger partial charge >= 0.3 is 0 Å². The summed E-state index contributed by atoms with van der Waals surface area (Å²) in [6.45, 7) is 9.69. The van der Waals surface area contributed by atoms with Crippen molar-refractivity contribution in [3.8, 4) is 0 Å². The monoisotopic (exact) mass is 228 g/mol. The molecule has 0 radical (unpaired) electrons. The Labute approximate surface area is 100 Å². The van der Waals surface area contributed by atoms with Gasteiger partial charge in [0.2, 0.25) is 0 Å². The Balaban J connectivity index is 2.24. The van der Waals surface area contributed by atoms with Crippen LogP contribution in [0.3, 0.4) is 0 Å². The van der Waals surface area contributed by atoms with Crippen molar-refractivity contribution in [2.75, 3.05) is 6.61 Å². The predicted octanol–water partition coefficient (Wildman–Crippen LogP) is 3.23. The van der Waals surface area contributed by atoms with E-state index in [1.807, 2.05) is 0 Å². The smallest absolute Gasteiger partial charge is 0.0859 e. The van der Waals surface area contributed by atoms with Gasteiger partial charge in [-0.1, -0.05) is 27.7 Å². The highest BCUT2D eigenvalue weighted by atomic mass is 16.5. The summed E-state index contributed by atoms with van der Waals surface area (Å²) in [5.41, 5.74) is 0. The van der Waals surface area contributed by atoms with Crippen LogP contribution in [0.15, 0.2) is 0 Å². The molecule has 0 aromatic rings. The minimum Gasteiger partial charge on any atom is -0.390 e. The van der Waals surface area contributed by atoms with Crippen LogP contribution in [-0.2, 0) is 4.74 Å². The minimum absolute atomic E-state index is 0.0726. The van der Waals surface area contributed by atoms with Crippen LogP contribution >= 0.6 is 0 Å². The summed E-state index contributed by atoms with van der Waals surface area (Å²) in [5, 5.41) is 9.99. The van der Waals surface area contributed by atoms with Crippen LogP contribution in [0.5, 0.6) is 0 Å². The Morgan fingerprint density at radius 1 is 1.25 bits per heavy atom. The van der Waals surface area contributed by atoms with E-state index >= 15 is 0 Å². The average Bonchev–Trinajstić information content (AvgIpc) is 2.14. The van der Waals surface area contributed by atoms with Crippen LogP contribution in [0.25, 0.3) is 0 Å². The molecule has 4 unspecified atom stereocenters. The SMILES string of the molecule is CC(C)CCCOC1C(C)CC(C)CC1O. The zero-order valence-corrected chi connectivity index (χ0v) is 11.3. The van der Waals surface area contributed by atoms with Crippen LogP contribution in [-0.4, -0.2) is 23.9 Å². The fourth-order valence-electron chi connectivity index (χ4n) is 2.78. The van der Waals surface area contributed by atoms with Gasteiger partial charge < -0.3 is 9.84 Å². The molecule has 16 heavy (non-hydrogen) atoms. The average molecular weight is 228 g/mol. The molecule has 0 saturated heterocycles. The first-order valence-electron chi connectivity index (χ1n) is 6.80. The highest BCUT2D eigenvalue weighted by molar-refractivity contribution is 4.83. The third-order valence-electron chi connectivity index (χ3n) is 3.59. The van der Waals surface area contributed by atoms with Crippen molar-refractivity contribution in [2.45, 2.75) is 65.6 Å². The molecule has 0 aromatic heterocycles. The molecule has 1 rings (SSSR count). The molecule has 0 spiro atoms. The van der Waals surface area contributed by atoms with Crippen molar-refractivity contribution in [3.63, 3.8) is 0 Å². The molecule has 0 bridgehead atoms. The molecule has 1 fully saturated rings. The molecule has 0 heterocycles. The number of hydrogen-bond donors (Lipinski definition) is 1. The van der Waals surface area contributed by atoms with E-state index in [4.69, 9.17) is 4.74 Å². The summed E-state index contributed by atoms with van der Waals surface area (Å²) in [4.78, 5) is 0. The van der Waals surface area contributed by atoms with Gasteiger partial charge in [-0.3, -0.25) is 0 Å². The van der Waals surface area contributed by atoms with Gasteiger partial charge in [-0.05, 0) is 43.4 Å². The van der Waals surface area contributed by atoms with E-state index in [0.717, 1.165) is 25.4 Å². The Hall–Kier alpha value is -0.0800. The van der Waals surface area contributed by atoms with E-state index in [9.17, 15) is 5.11 Å². The molecule has 0 aromatic carbocycles. The number of aliphatic hydroxyl groups is 1. The number of rotatable bonds is 5. The van der Waals surface area contributed by atoms with Gasteiger partial charge in [-0.2, -0.15) is 0 Å². The molecule has 2 nitrogen and oxygen atoms in total. The van der Waals surface area contributed by atoms with Gasteiger partial charge in [0, 0.05) is 6.61 Å². The van der Waals surface area contributed by atoms with E-state index in [1.54, 1.807) is 0 Å². The predicted molar refractivity (Wildman–Crippen MR) is 67.4 cm³/mol. The lowest BCUT2D eigenvalue weighted by atomic mass is 9.79. The molecular weight excluding hydrogens is 200 g/mol. The summed E-state index contributed by atoms with van der Waals surface area (Å²) in [7, 11) is 0. The summed E-state index contributed by atoms with van der Waals surface area (Å²) in [6.07, 6.45) is 4.24. The van der Waals surface area contributed by atoms with Gasteiger partial charge in [0.1, 0.15) is 0 Å². The molecule has 0 amide bonds. The van der Waals surface area contributed by atoms with E-state index in [-0.39, 0.29) is 12.2 Å². The maximum Gasteiger partial charge on any atom is 0.0859 e. The molecule has 2 heteroatoms. The third kappa shape index (κ3) is 4.42. The van der Waals surface area contributed by atoms with Gasteiger partial charge in [0.25, 0.3) is 0 Å². The van der Waals surface area contributed by atoms with Gasteiger partial charge in [0.15, 0.2) is 0 Å². The van der Waals surface area contributed by atoms with Crippen molar-refractivity contribution in [2.24, 2.45) is 17.8 Å². The maximum absolute atomic E-state index is 9.99. The van der Waals surface area contributed by atoms with Crippen LogP contribution in [0, 0.1) is 17.8 Å². The quantitative estimate of drug-likeness (QED) is 0.732. The lowest BCUT2D eigenvalue weighted by molar-refractivity contribution is -0.0966. The van der Waals surface area contributed by atoms with E-state index in [0.29, 0.717) is 11.8 Å². The fourth-order valence-corrected chi connectivity index (χ4v) is 2.78. The maximum atomic E-state index is 9.99. The largest absolute Gasteiger partial charge is 0.390 e. The molecule has 96 valence electrons. The Kier molecular flexibility index (Phi) is 5.77. The topological polar surface area (TPSA) is 29.5 Å². The third-order valence-corrected chi connectivity index (χ3v) is 3.59. The first-order chi connectivity index (χ1) is 7.50. The van der Waals surface area contributed by atoms with E-state index in [2.05, 4.69) is 27.7 Å². The number of ether oxygens (including phenoxy) is 1. The van der Waals surface area contributed by atoms with E-state index < -0.39 is 0 Å². The standard InChI is InChI=1S/C14H28O2/c1-10(2)6-5-7-16-14-12(4)8-11(3)9-13(14)15/h10-15H,5-9H2,1-4H3. The number of aliphatic hydroxyl groups excluding tert-OH is 1. The summed E-state index contributed by atoms with van der Waals surface area (Å²) >= 11 is 0. The molecule has 1 N–H and O–H groups in total. The van der Waals surface area contributed by atoms with Crippen molar-refractivity contribution >= 4 is 0 Å². The number of hydrogen-bond acceptors (Lipinski definition) is 2. The molecule has 1 aliphatic carbocycles. The second kappa shape index (κ2) is 6.61. The molecule has 0 aliphatic heterocycles. The highest BCUT2D eigenvalue weighted by Crippen LogP contribution is 2.31. The first kappa shape index (κ1) is 14.0. The highest BCUT2D eigenvalue weighted by Gasteiger charge is 2.33. The Bertz CT molecular complexity index is 179. The molecule has 4 atom stereocenters. The Morgan fingerprint density at radius 3 is 2.50 bits per heavy atom. The van der Waals surface area contributed by atoms with Crippen LogP contribution in [0.4, 0.5) is 0 Å². The fraction of sp³-hybridized carbons (Fsp3) is 1.00. The van der Waals surface area contributed by atoms with Crippen molar-refractivity contribution in [1.29, 1.82) is 0 Å². The van der Waals surface area contributed by atoms with Crippen LogP contribution < -0.4 is 0 Å². The van der Waals surface area contributed by atoms with Gasteiger partial charge in [-0.25, -0.2) is 0 Å². The van der Waals surface area contributed by atoms with Crippen LogP contribution in [0.1, 0.15) is 53.4 Å². The van der Waals surface area contributed by atoms with Crippen molar-refractivity contribution < 1.29 is 9.84 Å². The lowest BCUT2D eigenvalue weighted by Crippen LogP contribution is -2.41. The van der Waals surface area contributed by atoms with Crippen molar-refractivity contribution in [3.05, 3.63) is 0 Å². The molecule has 1 aliphatic rings. The lowest BCUT2D eigenvalue weighted by Gasteiger charge is -2.36. The van der Waals surface area contributed by atoms with Gasteiger partial charge in [0.05, 0.1) is 12.2 Å². The zero-order chi connectivity index (χ0) is 12.1. The zero-order valence-electron chi connectivity index (χ0n) is 11.3. The van der Waals surface area contributed by atoms with Gasteiger partial charge in [-0.15, -0.1) is 0 Å². The second-order valence-electron chi connectivity index (χ2n) is 5.99. The van der Waals surface area contributed by atoms with Crippen molar-refractivity contribution in [1.82, 2.24) is 0 Å². The van der Waals surface area contributed by atoms with Crippen LogP contribution in [0.2, 0.25) is 0 Å². The Morgan fingerprint density at radius 2 is 1.94 bits per heavy atom. The molecule has 1 saturated carbocycles. The summed E-state index contributed by atoms with van der Waals surface area (Å²) < 4.78 is 5.86. The normalized spacial score (nSPS) is 35.6. The summed E-state index contributed by atoms with van der Waals surface area (Å²) in [5.74, 6) is 1.88. The van der Waals surface area contributed by atoms with E-state index in [1.165, 1.54) is 12.8 Å². The molecular formula is C14H28O2. The second-order valence-corrected chi connectivity index (χ2v) is 5.99. The minimum atomic E-state index is -0.252.